The van der Waals surface area contributed by atoms with E-state index in [1.807, 2.05) is 18.2 Å². The van der Waals surface area contributed by atoms with Gasteiger partial charge in [0.1, 0.15) is 22.9 Å². The zero-order chi connectivity index (χ0) is 30.4. The number of nitrogens with one attached hydrogen (secondary N) is 3. The van der Waals surface area contributed by atoms with Crippen molar-refractivity contribution in [3.63, 3.8) is 0 Å². The van der Waals surface area contributed by atoms with Crippen molar-refractivity contribution in [2.75, 3.05) is 42.2 Å². The fourth-order valence-corrected chi connectivity index (χ4v) is 5.99. The van der Waals surface area contributed by atoms with E-state index in [0.717, 1.165) is 29.7 Å². The molecule has 1 fully saturated rings. The van der Waals surface area contributed by atoms with Crippen LogP contribution in [0.4, 0.5) is 30.4 Å². The molecule has 0 bridgehead atoms. The molecule has 3 aromatic rings. The second-order valence-electron chi connectivity index (χ2n) is 10.4. The Morgan fingerprint density at radius 1 is 1.14 bits per heavy atom. The van der Waals surface area contributed by atoms with Crippen LogP contribution in [-0.2, 0) is 22.5 Å². The van der Waals surface area contributed by atoms with Crippen LogP contribution < -0.4 is 20.1 Å². The maximum absolute atomic E-state index is 13.5. The highest BCUT2D eigenvalue weighted by atomic mass is 32.2. The molecule has 228 valence electrons. The lowest BCUT2D eigenvalue weighted by atomic mass is 9.81. The number of methoxy groups -OCH3 is 1. The zero-order valence-corrected chi connectivity index (χ0v) is 24.7. The van der Waals surface area contributed by atoms with Gasteiger partial charge in [0.05, 0.1) is 25.8 Å². The number of hydrogen-bond donors (Lipinski definition) is 3. The topological polar surface area (TPSA) is 104 Å². The molecule has 1 aromatic heterocycles. The van der Waals surface area contributed by atoms with Crippen LogP contribution in [0.1, 0.15) is 36.1 Å². The number of fused-ring (bicyclic) bond motifs is 1. The van der Waals surface area contributed by atoms with Gasteiger partial charge in [0.15, 0.2) is 4.90 Å². The predicted molar refractivity (Wildman–Crippen MR) is 160 cm³/mol. The Morgan fingerprint density at radius 3 is 2.67 bits per heavy atom. The highest BCUT2D eigenvalue weighted by Crippen LogP contribution is 2.39. The van der Waals surface area contributed by atoms with Gasteiger partial charge in [0.2, 0.25) is 5.82 Å². The molecule has 0 radical (unpaired) electrons. The first-order valence-electron chi connectivity index (χ1n) is 14.0. The van der Waals surface area contributed by atoms with Gasteiger partial charge < -0.3 is 29.2 Å². The molecule has 1 aliphatic heterocycles. The average molecular weight is 615 g/mol. The fourth-order valence-electron chi connectivity index (χ4n) is 5.18. The van der Waals surface area contributed by atoms with Crippen molar-refractivity contribution in [3.8, 4) is 17.6 Å². The largest absolute Gasteiger partial charge is 0.588 e. The molecule has 1 aliphatic carbocycles. The summed E-state index contributed by atoms with van der Waals surface area (Å²) in [5, 5.41) is 10.5. The van der Waals surface area contributed by atoms with Crippen molar-refractivity contribution < 1.29 is 31.7 Å². The molecule has 2 atom stereocenters. The number of aryl methyl sites for hydroxylation is 1. The minimum atomic E-state index is -4.31. The summed E-state index contributed by atoms with van der Waals surface area (Å²) in [6, 6.07) is 12.6. The number of alkyl halides is 3. The SMILES string of the molecule is COc1cc([S+]([O-])Nc2cc(C)on2)ccc1NCC#CC1=Cc2c(cccc2NC2CCOCC2)CC1CC(F)(F)F. The maximum atomic E-state index is 13.5. The van der Waals surface area contributed by atoms with E-state index in [1.54, 1.807) is 37.3 Å². The monoisotopic (exact) mass is 614 g/mol. The van der Waals surface area contributed by atoms with Gasteiger partial charge in [-0.2, -0.15) is 17.9 Å². The summed E-state index contributed by atoms with van der Waals surface area (Å²) < 4.78 is 72.0. The van der Waals surface area contributed by atoms with Gasteiger partial charge in [0, 0.05) is 54.1 Å². The van der Waals surface area contributed by atoms with E-state index in [1.165, 1.54) is 7.11 Å². The Balaban J connectivity index is 1.31. The second kappa shape index (κ2) is 13.7. The summed E-state index contributed by atoms with van der Waals surface area (Å²) >= 11 is -1.61. The molecule has 0 amide bonds. The van der Waals surface area contributed by atoms with Crippen molar-refractivity contribution in [3.05, 3.63) is 64.9 Å². The third-order valence-electron chi connectivity index (χ3n) is 7.27. The number of allylic oxidation sites excluding steroid dienone is 1. The smallest absolute Gasteiger partial charge is 0.389 e. The van der Waals surface area contributed by atoms with Crippen LogP contribution >= 0.6 is 0 Å². The van der Waals surface area contributed by atoms with Crippen molar-refractivity contribution >= 4 is 34.6 Å². The average Bonchev–Trinajstić information content (AvgIpc) is 3.39. The Labute approximate surface area is 251 Å². The molecule has 0 spiro atoms. The lowest BCUT2D eigenvalue weighted by Crippen LogP contribution is -2.28. The van der Waals surface area contributed by atoms with Gasteiger partial charge >= 0.3 is 6.18 Å². The molecule has 0 saturated carbocycles. The Bertz CT molecular complexity index is 1510. The Morgan fingerprint density at radius 2 is 1.95 bits per heavy atom. The molecule has 2 heterocycles. The quantitative estimate of drug-likeness (QED) is 0.190. The summed E-state index contributed by atoms with van der Waals surface area (Å²) in [6.45, 7) is 3.27. The molecular formula is C31H33F3N4O4S. The van der Waals surface area contributed by atoms with Gasteiger partial charge in [-0.15, -0.1) is 0 Å². The lowest BCUT2D eigenvalue weighted by Gasteiger charge is -2.29. The Hall–Kier alpha value is -3.79. The van der Waals surface area contributed by atoms with E-state index >= 15 is 0 Å². The van der Waals surface area contributed by atoms with E-state index in [9.17, 15) is 17.7 Å². The van der Waals surface area contributed by atoms with Crippen LogP contribution in [0.15, 0.2) is 57.5 Å². The maximum Gasteiger partial charge on any atom is 0.389 e. The molecule has 43 heavy (non-hydrogen) atoms. The van der Waals surface area contributed by atoms with E-state index in [4.69, 9.17) is 14.0 Å². The first-order valence-corrected chi connectivity index (χ1v) is 15.1. The molecule has 1 saturated heterocycles. The number of ether oxygens (including phenoxy) is 2. The number of benzene rings is 2. The van der Waals surface area contributed by atoms with Gasteiger partial charge in [0.25, 0.3) is 0 Å². The molecule has 5 rings (SSSR count). The van der Waals surface area contributed by atoms with Crippen molar-refractivity contribution in [1.29, 1.82) is 0 Å². The van der Waals surface area contributed by atoms with Gasteiger partial charge in [-0.05, 0) is 56.0 Å². The predicted octanol–water partition coefficient (Wildman–Crippen LogP) is 6.34. The third-order valence-corrected chi connectivity index (χ3v) is 8.35. The molecule has 8 nitrogen and oxygen atoms in total. The molecule has 2 unspecified atom stereocenters. The van der Waals surface area contributed by atoms with Crippen LogP contribution in [0.2, 0.25) is 0 Å². The van der Waals surface area contributed by atoms with Crippen LogP contribution in [-0.4, -0.2) is 48.8 Å². The first-order chi connectivity index (χ1) is 20.7. The fraction of sp³-hybridized carbons (Fsp3) is 0.387. The van der Waals surface area contributed by atoms with Gasteiger partial charge in [-0.25, -0.2) is 0 Å². The highest BCUT2D eigenvalue weighted by molar-refractivity contribution is 7.92. The van der Waals surface area contributed by atoms with E-state index in [0.29, 0.717) is 46.7 Å². The second-order valence-corrected chi connectivity index (χ2v) is 11.7. The normalized spacial score (nSPS) is 17.6. The number of anilines is 3. The van der Waals surface area contributed by atoms with Crippen molar-refractivity contribution in [2.45, 2.75) is 49.7 Å². The number of nitrogens with zero attached hydrogens (tertiary/aromatic N) is 1. The van der Waals surface area contributed by atoms with Crippen LogP contribution in [0.3, 0.4) is 0 Å². The lowest BCUT2D eigenvalue weighted by molar-refractivity contribution is -0.141. The highest BCUT2D eigenvalue weighted by Gasteiger charge is 2.35. The minimum absolute atomic E-state index is 0.167. The standard InChI is InChI=1S/C31H33F3N4O4S/c1-20-15-30(37-42-20)38-43(39)25-8-9-28(29(18-25)40-2)35-12-4-6-21-17-26-22(16-23(21)19-31(32,33)34)5-3-7-27(26)36-24-10-13-41-14-11-24/h3,5,7-9,15,17-18,23-24,35-36H,10-14,16,19H2,1-2H3,(H,37,38). The molecule has 12 heteroatoms. The molecule has 3 N–H and O–H groups in total. The number of halogens is 3. The first kappa shape index (κ1) is 30.7. The van der Waals surface area contributed by atoms with Gasteiger partial charge in [-0.1, -0.05) is 29.1 Å². The summed E-state index contributed by atoms with van der Waals surface area (Å²) in [4.78, 5) is 0.459. The summed E-state index contributed by atoms with van der Waals surface area (Å²) in [6.07, 6.45) is -1.43. The summed E-state index contributed by atoms with van der Waals surface area (Å²) in [5.74, 6) is 6.63. The number of hydrogen-bond acceptors (Lipinski definition) is 8. The van der Waals surface area contributed by atoms with E-state index < -0.39 is 29.9 Å². The summed E-state index contributed by atoms with van der Waals surface area (Å²) in [5.41, 5.74) is 3.74. The van der Waals surface area contributed by atoms with Crippen LogP contribution in [0, 0.1) is 24.7 Å². The van der Waals surface area contributed by atoms with Crippen LogP contribution in [0.5, 0.6) is 5.75 Å². The zero-order valence-electron chi connectivity index (χ0n) is 23.8. The molecule has 2 aromatic carbocycles. The molecular weight excluding hydrogens is 581 g/mol. The van der Waals surface area contributed by atoms with Crippen LogP contribution in [0.25, 0.3) is 6.08 Å². The number of rotatable bonds is 9. The van der Waals surface area contributed by atoms with E-state index in [2.05, 4.69) is 32.4 Å². The van der Waals surface area contributed by atoms with Crippen molar-refractivity contribution in [1.82, 2.24) is 5.16 Å². The number of aromatic nitrogens is 1. The summed E-state index contributed by atoms with van der Waals surface area (Å²) in [7, 11) is 1.49. The Kier molecular flexibility index (Phi) is 9.75. The van der Waals surface area contributed by atoms with E-state index in [-0.39, 0.29) is 19.0 Å². The van der Waals surface area contributed by atoms with Crippen molar-refractivity contribution in [2.24, 2.45) is 5.92 Å². The third kappa shape index (κ3) is 8.19. The van der Waals surface area contributed by atoms with Gasteiger partial charge in [-0.3, -0.25) is 0 Å². The minimum Gasteiger partial charge on any atom is -0.588 e. The molecule has 2 aliphatic rings.